The molecule has 0 aliphatic carbocycles. The second-order valence-corrected chi connectivity index (χ2v) is 15.6. The van der Waals surface area contributed by atoms with Crippen LogP contribution >= 0.6 is 0 Å². The highest BCUT2D eigenvalue weighted by atomic mass is 14.2. The van der Waals surface area contributed by atoms with Crippen molar-refractivity contribution in [2.24, 2.45) is 0 Å². The van der Waals surface area contributed by atoms with Gasteiger partial charge in [0.05, 0.1) is 0 Å². The van der Waals surface area contributed by atoms with Crippen molar-refractivity contribution in [2.75, 3.05) is 0 Å². The zero-order chi connectivity index (χ0) is 39.8. The van der Waals surface area contributed by atoms with Crippen LogP contribution < -0.4 is 0 Å². The van der Waals surface area contributed by atoms with Crippen LogP contribution in [-0.4, -0.2) is 0 Å². The molecule has 0 aliphatic heterocycles. The van der Waals surface area contributed by atoms with Gasteiger partial charge in [0, 0.05) is 0 Å². The highest BCUT2D eigenvalue weighted by Crippen LogP contribution is 2.46. The fourth-order valence-corrected chi connectivity index (χ4v) is 9.31. The van der Waals surface area contributed by atoms with Crippen molar-refractivity contribution >= 4 is 32.3 Å². The average Bonchev–Trinajstić information content (AvgIpc) is 3.33. The summed E-state index contributed by atoms with van der Waals surface area (Å²) >= 11 is 0. The van der Waals surface area contributed by atoms with Crippen LogP contribution in [0.5, 0.6) is 0 Å². The average molecular weight is 761 g/mol. The standard InChI is InChI=1S/C60H40/c1-4-18-41(19-5-1)44-24-16-25-45(38-44)46-26-17-27-47(39-46)50-36-37-52(51-29-11-10-28-49(51)42-20-6-2-7-21-42)53-35-34-48(40-58(50)53)60-56-32-14-12-30-54(56)59(43-22-8-3-9-23-43)55-31-13-15-33-57(55)60/h1-40H. The molecule has 0 unspecified atom stereocenters. The first kappa shape index (κ1) is 35.4. The first-order valence-corrected chi connectivity index (χ1v) is 20.8. The number of fused-ring (bicyclic) bond motifs is 3. The van der Waals surface area contributed by atoms with E-state index >= 15 is 0 Å². The fraction of sp³-hybridized carbons (Fsp3) is 0. The van der Waals surface area contributed by atoms with Gasteiger partial charge in [-0.05, 0) is 128 Å². The maximum Gasteiger partial charge on any atom is -0.00261 e. The highest BCUT2D eigenvalue weighted by molar-refractivity contribution is 6.22. The molecule has 60 heavy (non-hydrogen) atoms. The van der Waals surface area contributed by atoms with Gasteiger partial charge in [-0.15, -0.1) is 0 Å². The van der Waals surface area contributed by atoms with E-state index in [2.05, 4.69) is 243 Å². The molecule has 0 nitrogen and oxygen atoms in total. The molecule has 0 heteroatoms. The molecule has 0 amide bonds. The Morgan fingerprint density at radius 1 is 0.150 bits per heavy atom. The topological polar surface area (TPSA) is 0 Å². The van der Waals surface area contributed by atoms with Crippen molar-refractivity contribution in [2.45, 2.75) is 0 Å². The van der Waals surface area contributed by atoms with E-state index < -0.39 is 0 Å². The summed E-state index contributed by atoms with van der Waals surface area (Å²) in [7, 11) is 0. The van der Waals surface area contributed by atoms with E-state index in [1.54, 1.807) is 0 Å². The van der Waals surface area contributed by atoms with Crippen LogP contribution in [0.25, 0.3) is 110 Å². The number of hydrogen-bond acceptors (Lipinski definition) is 0. The quantitative estimate of drug-likeness (QED) is 0.142. The summed E-state index contributed by atoms with van der Waals surface area (Å²) in [6.45, 7) is 0. The molecule has 11 aromatic rings. The normalized spacial score (nSPS) is 11.3. The van der Waals surface area contributed by atoms with Gasteiger partial charge in [0.15, 0.2) is 0 Å². The Labute approximate surface area is 351 Å². The Balaban J connectivity index is 1.16. The molecule has 11 rings (SSSR count). The van der Waals surface area contributed by atoms with Gasteiger partial charge in [-0.1, -0.05) is 224 Å². The van der Waals surface area contributed by atoms with Gasteiger partial charge in [-0.25, -0.2) is 0 Å². The van der Waals surface area contributed by atoms with Gasteiger partial charge in [0.1, 0.15) is 0 Å². The van der Waals surface area contributed by atoms with Crippen LogP contribution in [0, 0.1) is 0 Å². The first-order valence-electron chi connectivity index (χ1n) is 20.8. The zero-order valence-corrected chi connectivity index (χ0v) is 33.1. The van der Waals surface area contributed by atoms with Gasteiger partial charge in [0.2, 0.25) is 0 Å². The molecule has 0 radical (unpaired) electrons. The van der Waals surface area contributed by atoms with Crippen LogP contribution in [0.15, 0.2) is 243 Å². The smallest absolute Gasteiger partial charge is 0.00261 e. The third-order valence-corrected chi connectivity index (χ3v) is 12.1. The summed E-state index contributed by atoms with van der Waals surface area (Å²) in [5.41, 5.74) is 17.1. The van der Waals surface area contributed by atoms with E-state index in [1.165, 1.54) is 110 Å². The molecule has 280 valence electrons. The second kappa shape index (κ2) is 15.2. The Kier molecular flexibility index (Phi) is 8.95. The van der Waals surface area contributed by atoms with Crippen molar-refractivity contribution < 1.29 is 0 Å². The predicted molar refractivity (Wildman–Crippen MR) is 257 cm³/mol. The Hall–Kier alpha value is -7.80. The summed E-state index contributed by atoms with van der Waals surface area (Å²) in [6.07, 6.45) is 0. The van der Waals surface area contributed by atoms with Crippen LogP contribution in [0.1, 0.15) is 0 Å². The lowest BCUT2D eigenvalue weighted by atomic mass is 9.84. The minimum Gasteiger partial charge on any atom is -0.0622 e. The highest BCUT2D eigenvalue weighted by Gasteiger charge is 2.19. The summed E-state index contributed by atoms with van der Waals surface area (Å²) in [6, 6.07) is 88.8. The Bertz CT molecular complexity index is 3280. The third kappa shape index (κ3) is 6.27. The van der Waals surface area contributed by atoms with E-state index in [0.29, 0.717) is 0 Å². The number of rotatable bonds is 7. The molecule has 0 fully saturated rings. The van der Waals surface area contributed by atoms with Gasteiger partial charge in [-0.2, -0.15) is 0 Å². The van der Waals surface area contributed by atoms with Crippen molar-refractivity contribution in [1.82, 2.24) is 0 Å². The molecule has 0 aromatic heterocycles. The molecule has 0 N–H and O–H groups in total. The van der Waals surface area contributed by atoms with E-state index in [-0.39, 0.29) is 0 Å². The third-order valence-electron chi connectivity index (χ3n) is 12.1. The van der Waals surface area contributed by atoms with Crippen molar-refractivity contribution in [3.63, 3.8) is 0 Å². The largest absolute Gasteiger partial charge is 0.0622 e. The Morgan fingerprint density at radius 2 is 0.567 bits per heavy atom. The fourth-order valence-electron chi connectivity index (χ4n) is 9.31. The maximum absolute atomic E-state index is 2.46. The molecule has 11 aromatic carbocycles. The molecule has 0 spiro atoms. The van der Waals surface area contributed by atoms with Crippen molar-refractivity contribution in [1.29, 1.82) is 0 Å². The number of benzene rings is 11. The SMILES string of the molecule is c1ccc(-c2cccc(-c3cccc(-c4ccc(-c5ccccc5-c5ccccc5)c5ccc(-c6c7ccccc7c(-c7ccccc7)c7ccccc67)cc45)c3)c2)cc1. The lowest BCUT2D eigenvalue weighted by molar-refractivity contribution is 1.57. The summed E-state index contributed by atoms with van der Waals surface area (Å²) in [5, 5.41) is 7.47. The molecular weight excluding hydrogens is 721 g/mol. The lowest BCUT2D eigenvalue weighted by Crippen LogP contribution is -1.93. The lowest BCUT2D eigenvalue weighted by Gasteiger charge is -2.20. The summed E-state index contributed by atoms with van der Waals surface area (Å²) < 4.78 is 0. The second-order valence-electron chi connectivity index (χ2n) is 15.6. The van der Waals surface area contributed by atoms with Gasteiger partial charge in [0.25, 0.3) is 0 Å². The van der Waals surface area contributed by atoms with E-state index in [1.807, 2.05) is 0 Å². The van der Waals surface area contributed by atoms with Crippen LogP contribution in [0.2, 0.25) is 0 Å². The maximum atomic E-state index is 2.46. The van der Waals surface area contributed by atoms with E-state index in [0.717, 1.165) is 0 Å². The monoisotopic (exact) mass is 760 g/mol. The minimum absolute atomic E-state index is 1.19. The predicted octanol–water partition coefficient (Wildman–Crippen LogP) is 16.8. The minimum atomic E-state index is 1.19. The summed E-state index contributed by atoms with van der Waals surface area (Å²) in [4.78, 5) is 0. The van der Waals surface area contributed by atoms with Gasteiger partial charge in [-0.3, -0.25) is 0 Å². The van der Waals surface area contributed by atoms with Crippen LogP contribution in [-0.2, 0) is 0 Å². The Morgan fingerprint density at radius 3 is 1.17 bits per heavy atom. The van der Waals surface area contributed by atoms with Crippen LogP contribution in [0.3, 0.4) is 0 Å². The van der Waals surface area contributed by atoms with Gasteiger partial charge < -0.3 is 0 Å². The molecule has 0 atom stereocenters. The van der Waals surface area contributed by atoms with E-state index in [4.69, 9.17) is 0 Å². The molecule has 0 aliphatic rings. The van der Waals surface area contributed by atoms with Crippen molar-refractivity contribution in [3.05, 3.63) is 243 Å². The van der Waals surface area contributed by atoms with Crippen LogP contribution in [0.4, 0.5) is 0 Å². The molecule has 0 bridgehead atoms. The number of hydrogen-bond donors (Lipinski definition) is 0. The summed E-state index contributed by atoms with van der Waals surface area (Å²) in [5.74, 6) is 0. The molecule has 0 saturated carbocycles. The van der Waals surface area contributed by atoms with E-state index in [9.17, 15) is 0 Å². The molecule has 0 saturated heterocycles. The zero-order valence-electron chi connectivity index (χ0n) is 33.1. The molecular formula is C60H40. The first-order chi connectivity index (χ1) is 29.8. The van der Waals surface area contributed by atoms with Crippen molar-refractivity contribution in [3.8, 4) is 77.9 Å². The van der Waals surface area contributed by atoms with Gasteiger partial charge >= 0.3 is 0 Å². The molecule has 0 heterocycles.